The quantitative estimate of drug-likeness (QED) is 0.798. The molecule has 4 rings (SSSR count). The largest absolute Gasteiger partial charge is 0.383 e. The highest BCUT2D eigenvalue weighted by Gasteiger charge is 2.72. The van der Waals surface area contributed by atoms with Crippen molar-refractivity contribution in [1.82, 2.24) is 4.98 Å². The van der Waals surface area contributed by atoms with Crippen LogP contribution in [0.5, 0.6) is 0 Å². The Morgan fingerprint density at radius 2 is 1.65 bits per heavy atom. The van der Waals surface area contributed by atoms with Crippen LogP contribution in [0.2, 0.25) is 0 Å². The summed E-state index contributed by atoms with van der Waals surface area (Å²) in [6.45, 7) is 7.63. The van der Waals surface area contributed by atoms with Gasteiger partial charge in [0.05, 0.1) is 34.9 Å². The zero-order valence-corrected chi connectivity index (χ0v) is 13.8. The summed E-state index contributed by atoms with van der Waals surface area (Å²) in [6, 6.07) is 0. The number of nitrogen functional groups attached to an aromatic ring is 1. The number of nitrogens with two attached hydrogens (primary N) is 1. The molecule has 23 heavy (non-hydrogen) atoms. The van der Waals surface area contributed by atoms with Crippen molar-refractivity contribution in [3.8, 4) is 0 Å². The Kier molecular flexibility index (Phi) is 2.62. The molecular formula is C17H21N3O3. The maximum atomic E-state index is 13.0. The van der Waals surface area contributed by atoms with Crippen LogP contribution in [-0.4, -0.2) is 28.0 Å². The number of nitrogens with zero attached hydrogens (tertiary/aromatic N) is 2. The van der Waals surface area contributed by atoms with E-state index in [1.54, 1.807) is 0 Å². The lowest BCUT2D eigenvalue weighted by atomic mass is 9.69. The molecule has 3 aliphatic heterocycles. The molecular weight excluding hydrogens is 294 g/mol. The van der Waals surface area contributed by atoms with Crippen LogP contribution in [0.25, 0.3) is 0 Å². The molecule has 3 saturated heterocycles. The Hall–Kier alpha value is -1.95. The number of pyridine rings is 1. The third-order valence-corrected chi connectivity index (χ3v) is 6.10. The molecule has 1 aromatic heterocycles. The predicted molar refractivity (Wildman–Crippen MR) is 84.7 cm³/mol. The second-order valence-corrected chi connectivity index (χ2v) is 7.47. The van der Waals surface area contributed by atoms with Gasteiger partial charge in [-0.05, 0) is 51.7 Å². The van der Waals surface area contributed by atoms with E-state index in [0.29, 0.717) is 11.5 Å². The zero-order chi connectivity index (χ0) is 16.7. The first-order chi connectivity index (χ1) is 10.7. The first-order valence-corrected chi connectivity index (χ1v) is 7.99. The maximum Gasteiger partial charge on any atom is 0.240 e. The van der Waals surface area contributed by atoms with Crippen LogP contribution in [0, 0.1) is 25.7 Å². The standard InChI is InChI=1S/C17H21N3O3/c1-8-9(2)13(18)19-7-10(8)20-14(21)11-12(15(20)22)17(4)6-5-16(11,3)23-17/h7,11-12H,5-6H2,1-4H3,(H2,18,19)/t11-,12?,16?,17?/m1/s1. The van der Waals surface area contributed by atoms with Gasteiger partial charge < -0.3 is 10.5 Å². The van der Waals surface area contributed by atoms with Crippen LogP contribution < -0.4 is 10.6 Å². The van der Waals surface area contributed by atoms with Gasteiger partial charge in [0, 0.05) is 0 Å². The highest BCUT2D eigenvalue weighted by atomic mass is 16.5. The fourth-order valence-electron chi connectivity index (χ4n) is 4.64. The van der Waals surface area contributed by atoms with Crippen LogP contribution in [-0.2, 0) is 14.3 Å². The van der Waals surface area contributed by atoms with E-state index >= 15 is 0 Å². The Morgan fingerprint density at radius 3 is 2.17 bits per heavy atom. The summed E-state index contributed by atoms with van der Waals surface area (Å²) in [4.78, 5) is 31.5. The molecule has 6 heteroatoms. The van der Waals surface area contributed by atoms with E-state index in [9.17, 15) is 9.59 Å². The molecule has 2 bridgehead atoms. The molecule has 122 valence electrons. The van der Waals surface area contributed by atoms with Crippen molar-refractivity contribution in [2.45, 2.75) is 51.7 Å². The fourth-order valence-corrected chi connectivity index (χ4v) is 4.64. The molecule has 0 aromatic carbocycles. The minimum absolute atomic E-state index is 0.167. The molecule has 2 amide bonds. The van der Waals surface area contributed by atoms with Crippen LogP contribution in [0.4, 0.5) is 11.5 Å². The number of amides is 2. The number of hydrogen-bond acceptors (Lipinski definition) is 5. The van der Waals surface area contributed by atoms with Gasteiger partial charge in [-0.1, -0.05) is 0 Å². The van der Waals surface area contributed by atoms with Gasteiger partial charge >= 0.3 is 0 Å². The average Bonchev–Trinajstić information content (AvgIpc) is 3.03. The van der Waals surface area contributed by atoms with Crippen LogP contribution >= 0.6 is 0 Å². The Balaban J connectivity index is 1.84. The number of anilines is 2. The number of fused-ring (bicyclic) bond motifs is 5. The number of ether oxygens (including phenoxy) is 1. The lowest BCUT2D eigenvalue weighted by Gasteiger charge is -2.27. The summed E-state index contributed by atoms with van der Waals surface area (Å²) in [5.41, 5.74) is 6.93. The van der Waals surface area contributed by atoms with Gasteiger partial charge in [0.2, 0.25) is 11.8 Å². The summed E-state index contributed by atoms with van der Waals surface area (Å²) in [5, 5.41) is 0. The second-order valence-electron chi connectivity index (χ2n) is 7.47. The molecule has 0 aliphatic carbocycles. The van der Waals surface area contributed by atoms with Gasteiger partial charge in [-0.25, -0.2) is 9.88 Å². The van der Waals surface area contributed by atoms with Gasteiger partial charge in [0.1, 0.15) is 5.82 Å². The summed E-state index contributed by atoms with van der Waals surface area (Å²) in [6.07, 6.45) is 3.16. The summed E-state index contributed by atoms with van der Waals surface area (Å²) in [5.74, 6) is -0.704. The highest BCUT2D eigenvalue weighted by molar-refractivity contribution is 6.23. The number of aromatic nitrogens is 1. The number of imide groups is 1. The summed E-state index contributed by atoms with van der Waals surface area (Å²) >= 11 is 0. The van der Waals surface area contributed by atoms with E-state index < -0.39 is 23.0 Å². The van der Waals surface area contributed by atoms with Crippen molar-refractivity contribution in [1.29, 1.82) is 0 Å². The van der Waals surface area contributed by atoms with E-state index in [1.807, 2.05) is 27.7 Å². The van der Waals surface area contributed by atoms with Crippen LogP contribution in [0.15, 0.2) is 6.20 Å². The van der Waals surface area contributed by atoms with E-state index in [0.717, 1.165) is 24.0 Å². The molecule has 0 saturated carbocycles. The number of carbonyl (C=O) groups excluding carboxylic acids is 2. The smallest absolute Gasteiger partial charge is 0.240 e. The molecule has 3 fully saturated rings. The third-order valence-electron chi connectivity index (χ3n) is 6.10. The lowest BCUT2D eigenvalue weighted by molar-refractivity contribution is -0.129. The van der Waals surface area contributed by atoms with E-state index in [4.69, 9.17) is 10.5 Å². The average molecular weight is 315 g/mol. The number of hydrogen-bond donors (Lipinski definition) is 1. The van der Waals surface area contributed by atoms with Crippen molar-refractivity contribution in [2.75, 3.05) is 10.6 Å². The SMILES string of the molecule is Cc1c(N2C(=O)C3[C@H](C2=O)C2(C)CCC3(C)O2)cnc(N)c1C. The van der Waals surface area contributed by atoms with Gasteiger partial charge in [-0.15, -0.1) is 0 Å². The van der Waals surface area contributed by atoms with Crippen LogP contribution in [0.1, 0.15) is 37.8 Å². The zero-order valence-electron chi connectivity index (χ0n) is 13.8. The normalized spacial score (nSPS) is 38.5. The molecule has 4 heterocycles. The first-order valence-electron chi connectivity index (χ1n) is 7.99. The first kappa shape index (κ1) is 14.6. The van der Waals surface area contributed by atoms with Gasteiger partial charge in [-0.2, -0.15) is 0 Å². The molecule has 1 aromatic rings. The third kappa shape index (κ3) is 1.59. The monoisotopic (exact) mass is 315 g/mol. The van der Waals surface area contributed by atoms with Crippen LogP contribution in [0.3, 0.4) is 0 Å². The van der Waals surface area contributed by atoms with Crippen molar-refractivity contribution >= 4 is 23.3 Å². The van der Waals surface area contributed by atoms with E-state index in [1.165, 1.54) is 11.1 Å². The molecule has 0 radical (unpaired) electrons. The van der Waals surface area contributed by atoms with Gasteiger partial charge in [0.15, 0.2) is 0 Å². The predicted octanol–water partition coefficient (Wildman–Crippen LogP) is 1.73. The maximum absolute atomic E-state index is 13.0. The van der Waals surface area contributed by atoms with Crippen molar-refractivity contribution in [3.63, 3.8) is 0 Å². The lowest BCUT2D eigenvalue weighted by Crippen LogP contribution is -2.40. The van der Waals surface area contributed by atoms with E-state index in [-0.39, 0.29) is 11.8 Å². The minimum atomic E-state index is -0.537. The highest BCUT2D eigenvalue weighted by Crippen LogP contribution is 2.61. The second kappa shape index (κ2) is 4.12. The number of rotatable bonds is 1. The molecule has 0 spiro atoms. The molecule has 6 nitrogen and oxygen atoms in total. The van der Waals surface area contributed by atoms with Crippen molar-refractivity contribution < 1.29 is 14.3 Å². The Morgan fingerprint density at radius 1 is 1.13 bits per heavy atom. The molecule has 3 unspecified atom stereocenters. The number of carbonyl (C=O) groups is 2. The van der Waals surface area contributed by atoms with E-state index in [2.05, 4.69) is 4.98 Å². The van der Waals surface area contributed by atoms with Gasteiger partial charge in [-0.3, -0.25) is 9.59 Å². The summed E-state index contributed by atoms with van der Waals surface area (Å²) in [7, 11) is 0. The topological polar surface area (TPSA) is 85.5 Å². The molecule has 3 aliphatic rings. The Labute approximate surface area is 135 Å². The van der Waals surface area contributed by atoms with Gasteiger partial charge in [0.25, 0.3) is 0 Å². The summed E-state index contributed by atoms with van der Waals surface area (Å²) < 4.78 is 6.11. The molecule has 4 atom stereocenters. The minimum Gasteiger partial charge on any atom is -0.383 e. The molecule has 2 N–H and O–H groups in total. The van der Waals surface area contributed by atoms with Crippen molar-refractivity contribution in [2.24, 2.45) is 11.8 Å². The fraction of sp³-hybridized carbons (Fsp3) is 0.588. The van der Waals surface area contributed by atoms with Crippen molar-refractivity contribution in [3.05, 3.63) is 17.3 Å². The Bertz CT molecular complexity index is 728.